The van der Waals surface area contributed by atoms with Gasteiger partial charge in [-0.1, -0.05) is 23.2 Å². The lowest BCUT2D eigenvalue weighted by Gasteiger charge is -1.98. The number of hydrogen-bond acceptors (Lipinski definition) is 4. The summed E-state index contributed by atoms with van der Waals surface area (Å²) in [7, 11) is 0. The van der Waals surface area contributed by atoms with Gasteiger partial charge in [0.15, 0.2) is 0 Å². The Labute approximate surface area is 88.1 Å². The summed E-state index contributed by atoms with van der Waals surface area (Å²) >= 11 is 11.2. The first kappa shape index (κ1) is 10.7. The highest BCUT2D eigenvalue weighted by atomic mass is 35.5. The average Bonchev–Trinajstić information content (AvgIpc) is 2.10. The molecule has 5 nitrogen and oxygen atoms in total. The number of nitro groups is 1. The molecule has 0 aliphatic rings. The smallest absolute Gasteiger partial charge is 0.258 e. The number of rotatable bonds is 2. The first-order chi connectivity index (χ1) is 6.56. The van der Waals surface area contributed by atoms with Gasteiger partial charge in [0.05, 0.1) is 15.0 Å². The van der Waals surface area contributed by atoms with Crippen LogP contribution in [-0.4, -0.2) is 11.0 Å². The van der Waals surface area contributed by atoms with Crippen molar-refractivity contribution in [2.24, 2.45) is 4.99 Å². The Hall–Kier alpha value is -1.42. The van der Waals surface area contributed by atoms with Gasteiger partial charge in [0, 0.05) is 12.1 Å². The van der Waals surface area contributed by atoms with E-state index in [-0.39, 0.29) is 21.4 Å². The van der Waals surface area contributed by atoms with Gasteiger partial charge in [0.1, 0.15) is 5.69 Å². The van der Waals surface area contributed by atoms with Crippen molar-refractivity contribution in [1.82, 2.24) is 0 Å². The number of non-ortho nitro benzene ring substituents is 1. The van der Waals surface area contributed by atoms with E-state index < -0.39 is 4.92 Å². The molecule has 14 heavy (non-hydrogen) atoms. The van der Waals surface area contributed by atoms with E-state index in [2.05, 4.69) is 4.99 Å². The van der Waals surface area contributed by atoms with Crippen LogP contribution in [0.3, 0.4) is 0 Å². The third-order valence-electron chi connectivity index (χ3n) is 1.37. The van der Waals surface area contributed by atoms with Crippen LogP contribution in [0.4, 0.5) is 11.4 Å². The number of carbonyl (C=O) groups excluding carboxylic acids is 1. The van der Waals surface area contributed by atoms with Crippen LogP contribution in [0.15, 0.2) is 17.1 Å². The van der Waals surface area contributed by atoms with Crippen molar-refractivity contribution in [2.75, 3.05) is 0 Å². The van der Waals surface area contributed by atoms with Gasteiger partial charge in [-0.25, -0.2) is 4.79 Å². The van der Waals surface area contributed by atoms with Crippen LogP contribution in [-0.2, 0) is 4.79 Å². The predicted molar refractivity (Wildman–Crippen MR) is 50.9 cm³/mol. The summed E-state index contributed by atoms with van der Waals surface area (Å²) in [6.07, 6.45) is 1.25. The van der Waals surface area contributed by atoms with Crippen LogP contribution in [0.1, 0.15) is 0 Å². The number of benzene rings is 1. The molecule has 72 valence electrons. The fourth-order valence-corrected chi connectivity index (χ4v) is 1.37. The molecule has 0 spiro atoms. The molecular weight excluding hydrogens is 231 g/mol. The molecule has 0 aliphatic carbocycles. The van der Waals surface area contributed by atoms with Crippen molar-refractivity contribution in [3.63, 3.8) is 0 Å². The third kappa shape index (κ3) is 2.09. The second-order valence-electron chi connectivity index (χ2n) is 2.22. The molecule has 0 amide bonds. The molecule has 1 aromatic carbocycles. The lowest BCUT2D eigenvalue weighted by atomic mass is 10.3. The molecule has 0 aliphatic heterocycles. The van der Waals surface area contributed by atoms with Crippen molar-refractivity contribution >= 4 is 40.7 Å². The summed E-state index contributed by atoms with van der Waals surface area (Å²) in [5.41, 5.74) is -0.279. The highest BCUT2D eigenvalue weighted by Gasteiger charge is 2.13. The van der Waals surface area contributed by atoms with E-state index in [1.54, 1.807) is 0 Å². The Bertz CT molecular complexity index is 418. The lowest BCUT2D eigenvalue weighted by molar-refractivity contribution is -0.384. The summed E-state index contributed by atoms with van der Waals surface area (Å²) < 4.78 is 0. The van der Waals surface area contributed by atoms with Crippen LogP contribution >= 0.6 is 23.2 Å². The Kier molecular flexibility index (Phi) is 3.19. The van der Waals surface area contributed by atoms with Gasteiger partial charge in [-0.05, 0) is 0 Å². The fourth-order valence-electron chi connectivity index (χ4n) is 0.810. The molecule has 0 unspecified atom stereocenters. The number of nitro benzene ring substituents is 1. The summed E-state index contributed by atoms with van der Waals surface area (Å²) in [6.45, 7) is 0. The Balaban J connectivity index is 3.39. The lowest BCUT2D eigenvalue weighted by Crippen LogP contribution is -1.87. The summed E-state index contributed by atoms with van der Waals surface area (Å²) in [5, 5.41) is 10.2. The van der Waals surface area contributed by atoms with Crippen LogP contribution in [0.5, 0.6) is 0 Å². The maximum atomic E-state index is 10.4. The van der Waals surface area contributed by atoms with Gasteiger partial charge >= 0.3 is 0 Å². The molecule has 0 saturated carbocycles. The van der Waals surface area contributed by atoms with E-state index >= 15 is 0 Å². The minimum absolute atomic E-state index is 0.0195. The molecule has 0 aromatic heterocycles. The van der Waals surface area contributed by atoms with Crippen molar-refractivity contribution in [1.29, 1.82) is 0 Å². The molecule has 7 heteroatoms. The molecule has 0 fully saturated rings. The van der Waals surface area contributed by atoms with Gasteiger partial charge in [-0.15, -0.1) is 0 Å². The average molecular weight is 233 g/mol. The van der Waals surface area contributed by atoms with Gasteiger partial charge in [0.2, 0.25) is 6.08 Å². The maximum Gasteiger partial charge on any atom is 0.272 e. The molecule has 0 saturated heterocycles. The van der Waals surface area contributed by atoms with E-state index in [4.69, 9.17) is 23.2 Å². The quantitative estimate of drug-likeness (QED) is 0.341. The van der Waals surface area contributed by atoms with Crippen LogP contribution in [0.25, 0.3) is 0 Å². The minimum Gasteiger partial charge on any atom is -0.258 e. The van der Waals surface area contributed by atoms with Gasteiger partial charge in [0.25, 0.3) is 5.69 Å². The monoisotopic (exact) mass is 232 g/mol. The standard InChI is InChI=1S/C7H2Cl2N2O3/c8-5-1-4(11(13)14)2-6(9)7(5)10-3-12/h1-2H. The predicted octanol–water partition coefficient (Wildman–Crippen LogP) is 2.87. The Morgan fingerprint density at radius 3 is 2.21 bits per heavy atom. The first-order valence-electron chi connectivity index (χ1n) is 3.27. The molecule has 0 bridgehead atoms. The maximum absolute atomic E-state index is 10.4. The largest absolute Gasteiger partial charge is 0.272 e. The molecule has 0 heterocycles. The zero-order valence-electron chi connectivity index (χ0n) is 6.53. The summed E-state index contributed by atoms with van der Waals surface area (Å²) in [4.78, 5) is 22.9. The summed E-state index contributed by atoms with van der Waals surface area (Å²) in [6, 6.07) is 2.12. The third-order valence-corrected chi connectivity index (χ3v) is 1.95. The van der Waals surface area contributed by atoms with Crippen molar-refractivity contribution in [2.45, 2.75) is 0 Å². The van der Waals surface area contributed by atoms with Crippen LogP contribution in [0, 0.1) is 10.1 Å². The summed E-state index contributed by atoms with van der Waals surface area (Å²) in [5.74, 6) is 0. The molecule has 0 radical (unpaired) electrons. The zero-order chi connectivity index (χ0) is 10.7. The zero-order valence-corrected chi connectivity index (χ0v) is 8.04. The normalized spacial score (nSPS) is 9.29. The van der Waals surface area contributed by atoms with Gasteiger partial charge in [-0.3, -0.25) is 10.1 Å². The van der Waals surface area contributed by atoms with Gasteiger partial charge in [-0.2, -0.15) is 4.99 Å². The second-order valence-corrected chi connectivity index (χ2v) is 3.03. The molecule has 0 atom stereocenters. The molecular formula is C7H2Cl2N2O3. The van der Waals surface area contributed by atoms with Gasteiger partial charge < -0.3 is 0 Å². The number of hydrogen-bond donors (Lipinski definition) is 0. The van der Waals surface area contributed by atoms with Crippen molar-refractivity contribution in [3.8, 4) is 0 Å². The van der Waals surface area contributed by atoms with E-state index in [1.165, 1.54) is 6.08 Å². The highest BCUT2D eigenvalue weighted by molar-refractivity contribution is 6.39. The molecule has 1 rings (SSSR count). The number of aliphatic imine (C=N–C) groups is 1. The topological polar surface area (TPSA) is 72.6 Å². The van der Waals surface area contributed by atoms with E-state index in [1.807, 2.05) is 0 Å². The Morgan fingerprint density at radius 2 is 1.86 bits per heavy atom. The van der Waals surface area contributed by atoms with E-state index in [0.29, 0.717) is 0 Å². The van der Waals surface area contributed by atoms with Crippen molar-refractivity contribution < 1.29 is 9.72 Å². The minimum atomic E-state index is -0.647. The molecule has 1 aromatic rings. The highest BCUT2D eigenvalue weighted by Crippen LogP contribution is 2.36. The number of halogens is 2. The van der Waals surface area contributed by atoms with E-state index in [0.717, 1.165) is 12.1 Å². The van der Waals surface area contributed by atoms with Crippen LogP contribution < -0.4 is 0 Å². The van der Waals surface area contributed by atoms with E-state index in [9.17, 15) is 14.9 Å². The van der Waals surface area contributed by atoms with Crippen LogP contribution in [0.2, 0.25) is 10.0 Å². The SMILES string of the molecule is O=C=Nc1c(Cl)cc([N+](=O)[O-])cc1Cl. The Morgan fingerprint density at radius 1 is 1.36 bits per heavy atom. The molecule has 0 N–H and O–H groups in total. The second kappa shape index (κ2) is 4.19. The fraction of sp³-hybridized carbons (Fsp3) is 0. The van der Waals surface area contributed by atoms with Crippen molar-refractivity contribution in [3.05, 3.63) is 32.3 Å². The number of isocyanates is 1. The number of nitrogens with zero attached hydrogens (tertiary/aromatic N) is 2. The first-order valence-corrected chi connectivity index (χ1v) is 4.03.